The largest absolute Gasteiger partial charge is 0.494 e. The maximum atomic E-state index is 14.7. The second-order valence-corrected chi connectivity index (χ2v) is 33.3. The van der Waals surface area contributed by atoms with Gasteiger partial charge in [-0.3, -0.25) is 33.1 Å². The van der Waals surface area contributed by atoms with E-state index in [2.05, 4.69) is 97.3 Å². The van der Waals surface area contributed by atoms with Crippen molar-refractivity contribution in [3.8, 4) is 56.0 Å². The molecular weight excluding hydrogens is 1680 g/mol. The molecule has 3 aliphatic rings. The molecule has 13 heterocycles. The molecule has 3 saturated heterocycles. The number of anilines is 3. The van der Waals surface area contributed by atoms with Crippen LogP contribution in [0.1, 0.15) is 83.1 Å². The van der Waals surface area contributed by atoms with E-state index in [0.717, 1.165) is 42.1 Å². The van der Waals surface area contributed by atoms with E-state index in [9.17, 15) is 17.6 Å². The summed E-state index contributed by atoms with van der Waals surface area (Å²) in [7, 11) is -1.51. The van der Waals surface area contributed by atoms with Crippen LogP contribution in [0.25, 0.3) is 117 Å². The van der Waals surface area contributed by atoms with Crippen LogP contribution in [0, 0.1) is 23.3 Å². The number of pyridine rings is 4. The number of aromatic nitrogens is 16. The summed E-state index contributed by atoms with van der Waals surface area (Å²) in [5, 5.41) is 27.1. The van der Waals surface area contributed by atoms with E-state index in [1.165, 1.54) is 43.2 Å². The number of rotatable bonds is 7. The standard InChI is InChI=1S/2C20H13FN6.C15H17BFNO2.C12H24B2O4.C11H8BrN5.C9H5BrFN/c2*21-15-10-14(9-13-7-4-8-23-17(13)15)16-18(12-5-2-1-3-6-12)25-20(22)27-11-24-26-19(16)27;1-14(2)15(3,4)20-16(19-14)11-8-10-6-5-7-18-13(10)12(17)9-11;1-9(2)10(3,4)16-13(15-9)14-17-11(5,6)12(7,8)18-14;12-8-9(7-4-2-1-3-5-7)15-11(13)17-6-14-16-10(8)17;10-7-4-6-2-1-3-12-9(6)8(11)5-7/h2*1-11H,(H2,22,25);5-9H,1-4H3;1-8H3;1-6H,(H2,13,15);1-5H. The fraction of sp³-hybridized carbons (Fsp3) is 0.207. The molecule has 0 aliphatic carbocycles. The Hall–Kier alpha value is -12.1. The second-order valence-electron chi connectivity index (χ2n) is 31.6. The van der Waals surface area contributed by atoms with Gasteiger partial charge < -0.3 is 45.1 Å². The van der Waals surface area contributed by atoms with Crippen molar-refractivity contribution in [3.63, 3.8) is 0 Å². The highest BCUT2D eigenvalue weighted by Gasteiger charge is 2.64. The van der Waals surface area contributed by atoms with Crippen LogP contribution >= 0.6 is 31.9 Å². The van der Waals surface area contributed by atoms with Crippen LogP contribution in [0.2, 0.25) is 0 Å². The van der Waals surface area contributed by atoms with Gasteiger partial charge in [0.25, 0.3) is 0 Å². The molecule has 3 aliphatic heterocycles. The lowest BCUT2D eigenvalue weighted by molar-refractivity contribution is 0.00578. The van der Waals surface area contributed by atoms with Gasteiger partial charge in [-0.2, -0.15) is 0 Å². The van der Waals surface area contributed by atoms with Crippen LogP contribution in [0.3, 0.4) is 0 Å². The van der Waals surface area contributed by atoms with Crippen molar-refractivity contribution in [2.75, 3.05) is 17.2 Å². The van der Waals surface area contributed by atoms with Gasteiger partial charge in [0.15, 0.2) is 22.8 Å². The van der Waals surface area contributed by atoms with E-state index >= 15 is 0 Å². The normalized spacial score (nSPS) is 15.8. The predicted octanol–water partition coefficient (Wildman–Crippen LogP) is 17.7. The average Bonchev–Trinajstić information content (AvgIpc) is 1.62. The van der Waals surface area contributed by atoms with Crippen molar-refractivity contribution >= 4 is 137 Å². The summed E-state index contributed by atoms with van der Waals surface area (Å²) >= 11 is 6.71. The van der Waals surface area contributed by atoms with Gasteiger partial charge in [-0.15, -0.1) is 30.6 Å². The lowest BCUT2D eigenvalue weighted by Crippen LogP contribution is -2.41. The molecule has 610 valence electrons. The van der Waals surface area contributed by atoms with E-state index < -0.39 is 44.0 Å². The summed E-state index contributed by atoms with van der Waals surface area (Å²) in [6.45, 7) is 24.1. The van der Waals surface area contributed by atoms with Gasteiger partial charge in [0.2, 0.25) is 17.8 Å². The van der Waals surface area contributed by atoms with Crippen molar-refractivity contribution in [3.05, 3.63) is 264 Å². The smallest absolute Gasteiger partial charge is 0.405 e. The van der Waals surface area contributed by atoms with Crippen LogP contribution in [0.15, 0.2) is 241 Å². The number of nitrogen functional groups attached to an aromatic ring is 3. The maximum absolute atomic E-state index is 14.7. The molecule has 0 atom stereocenters. The number of hydrogen-bond donors (Lipinski definition) is 3. The highest BCUT2D eigenvalue weighted by molar-refractivity contribution is 9.11. The molecule has 10 aromatic heterocycles. The fourth-order valence-corrected chi connectivity index (χ4v) is 14.6. The molecule has 7 aromatic carbocycles. The zero-order valence-electron chi connectivity index (χ0n) is 67.8. The molecule has 121 heavy (non-hydrogen) atoms. The first-order chi connectivity index (χ1) is 57.7. The zero-order chi connectivity index (χ0) is 85.7. The Labute approximate surface area is 710 Å². The first-order valence-corrected chi connectivity index (χ1v) is 39.9. The molecule has 20 rings (SSSR count). The van der Waals surface area contributed by atoms with Crippen LogP contribution < -0.4 is 22.7 Å². The van der Waals surface area contributed by atoms with Crippen molar-refractivity contribution in [2.45, 2.75) is 117 Å². The lowest BCUT2D eigenvalue weighted by atomic mass is 9.49. The van der Waals surface area contributed by atoms with Crippen molar-refractivity contribution in [2.24, 2.45) is 0 Å². The number of hydrogen-bond acceptors (Lipinski definition) is 22. The molecule has 0 unspecified atom stereocenters. The minimum atomic E-state index is -0.556. The number of nitrogens with two attached hydrogens (primary N) is 3. The Kier molecular flexibility index (Phi) is 23.2. The van der Waals surface area contributed by atoms with Gasteiger partial charge in [-0.25, -0.2) is 32.5 Å². The van der Waals surface area contributed by atoms with E-state index in [1.54, 1.807) is 62.3 Å². The van der Waals surface area contributed by atoms with Gasteiger partial charge in [0.05, 0.1) is 66.3 Å². The van der Waals surface area contributed by atoms with Crippen LogP contribution in [0.5, 0.6) is 0 Å². The molecule has 3 fully saturated rings. The van der Waals surface area contributed by atoms with Gasteiger partial charge in [-0.05, 0) is 182 Å². The van der Waals surface area contributed by atoms with Crippen molar-refractivity contribution in [1.29, 1.82) is 0 Å². The Bertz CT molecular complexity index is 6440. The van der Waals surface area contributed by atoms with Crippen LogP contribution in [-0.4, -0.2) is 133 Å². The second kappa shape index (κ2) is 33.5. The number of halogens is 6. The first kappa shape index (κ1) is 83.9. The maximum Gasteiger partial charge on any atom is 0.494 e. The van der Waals surface area contributed by atoms with Crippen molar-refractivity contribution < 1.29 is 45.5 Å². The minimum absolute atomic E-state index is 0.264. The molecule has 0 spiro atoms. The van der Waals surface area contributed by atoms with Crippen molar-refractivity contribution in [1.82, 2.24) is 78.7 Å². The topological polar surface area (TPSA) is 314 Å². The van der Waals surface area contributed by atoms with Gasteiger partial charge in [-0.1, -0.05) is 137 Å². The minimum Gasteiger partial charge on any atom is -0.405 e. The third kappa shape index (κ3) is 17.0. The van der Waals surface area contributed by atoms with Gasteiger partial charge in [0, 0.05) is 67.5 Å². The van der Waals surface area contributed by atoms with Crippen LogP contribution in [-0.2, 0) is 27.9 Å². The third-order valence-corrected chi connectivity index (χ3v) is 23.2. The molecule has 34 heteroatoms. The monoisotopic (exact) mass is 1750 g/mol. The summed E-state index contributed by atoms with van der Waals surface area (Å²) < 4.78 is 98.8. The summed E-state index contributed by atoms with van der Waals surface area (Å²) in [5.74, 6) is -0.561. The summed E-state index contributed by atoms with van der Waals surface area (Å²) in [6, 6.07) is 56.6. The summed E-state index contributed by atoms with van der Waals surface area (Å²) in [6.07, 6.45) is 10.8. The van der Waals surface area contributed by atoms with E-state index in [-0.39, 0.29) is 45.9 Å². The average molecular weight is 1760 g/mol. The van der Waals surface area contributed by atoms with Gasteiger partial charge >= 0.3 is 21.1 Å². The van der Waals surface area contributed by atoms with Gasteiger partial charge in [0.1, 0.15) is 58.5 Å². The van der Waals surface area contributed by atoms with E-state index in [1.807, 2.05) is 223 Å². The molecule has 6 N–H and O–H groups in total. The quantitative estimate of drug-likeness (QED) is 0.0986. The zero-order valence-corrected chi connectivity index (χ0v) is 70.9. The predicted molar refractivity (Wildman–Crippen MR) is 470 cm³/mol. The summed E-state index contributed by atoms with van der Waals surface area (Å²) in [5.41, 5.74) is 26.9. The lowest BCUT2D eigenvalue weighted by Gasteiger charge is -2.32. The third-order valence-electron chi connectivity index (χ3n) is 22.0. The Balaban J connectivity index is 0.000000115. The van der Waals surface area contributed by atoms with E-state index in [4.69, 9.17) is 45.1 Å². The number of fused-ring (bicyclic) bond motifs is 7. The molecule has 0 radical (unpaired) electrons. The SMILES string of the molecule is CC1(C)OB(B2OC(C)(C)C(C)(C)O2)OC1(C)C.CC1(C)OB(c2cc(F)c3ncccc3c2)OC1(C)C.Fc1cc(Br)cc2cccnc12.Nc1nc(-c2ccccc2)c(-c2cc(F)c3ncccc3c2)c2nncn12.Nc1nc(-c2ccccc2)c(-c2cc(F)c3ncccc3c2)c2nncn12.Nc1nc(-c2ccccc2)c(Br)c2nncn12. The highest BCUT2D eigenvalue weighted by Crippen LogP contribution is 2.45. The molecule has 0 bridgehead atoms. The molecule has 0 amide bonds. The molecular formula is C87H80B3Br2F4N19O6. The Morgan fingerprint density at radius 3 is 1.02 bits per heavy atom. The number of nitrogens with zero attached hydrogens (tertiary/aromatic N) is 16. The Morgan fingerprint density at radius 1 is 0.331 bits per heavy atom. The van der Waals surface area contributed by atoms with E-state index in [0.29, 0.717) is 94.8 Å². The first-order valence-electron chi connectivity index (χ1n) is 38.4. The Morgan fingerprint density at radius 2 is 0.636 bits per heavy atom. The highest BCUT2D eigenvalue weighted by atomic mass is 79.9. The molecule has 25 nitrogen and oxygen atoms in total. The molecule has 0 saturated carbocycles. The van der Waals surface area contributed by atoms with Crippen LogP contribution in [0.4, 0.5) is 35.4 Å². The fourth-order valence-electron chi connectivity index (χ4n) is 13.6. The number of benzene rings is 7. The summed E-state index contributed by atoms with van der Waals surface area (Å²) in [4.78, 5) is 29.7. The molecule has 17 aromatic rings.